The lowest BCUT2D eigenvalue weighted by molar-refractivity contribution is -0.138. The Morgan fingerprint density at radius 2 is 2.08 bits per heavy atom. The molecule has 1 aromatic heterocycles. The highest BCUT2D eigenvalue weighted by molar-refractivity contribution is 7.10. The molecule has 1 atom stereocenters. The highest BCUT2D eigenvalue weighted by Crippen LogP contribution is 2.31. The molecule has 132 valence electrons. The molecule has 1 saturated heterocycles. The van der Waals surface area contributed by atoms with Crippen LogP contribution in [-0.4, -0.2) is 40.2 Å². The van der Waals surface area contributed by atoms with Gasteiger partial charge >= 0.3 is 0 Å². The minimum absolute atomic E-state index is 0.145. The van der Waals surface area contributed by atoms with Gasteiger partial charge in [-0.15, -0.1) is 11.3 Å². The predicted molar refractivity (Wildman–Crippen MR) is 96.8 cm³/mol. The van der Waals surface area contributed by atoms with Gasteiger partial charge < -0.3 is 9.80 Å². The van der Waals surface area contributed by atoms with Crippen LogP contribution in [0.25, 0.3) is 0 Å². The molecular formula is C19H28N2O2S. The molecule has 3 rings (SSSR count). The summed E-state index contributed by atoms with van der Waals surface area (Å²) in [7, 11) is 0. The Bertz CT molecular complexity index is 604. The smallest absolute Gasteiger partial charge is 0.228 e. The van der Waals surface area contributed by atoms with Crippen molar-refractivity contribution >= 4 is 23.2 Å². The molecule has 2 amide bonds. The molecule has 1 aliphatic heterocycles. The fraction of sp³-hybridized carbons (Fsp3) is 0.684. The highest BCUT2D eigenvalue weighted by atomic mass is 32.1. The number of carbonyl (C=O) groups excluding carboxylic acids is 2. The zero-order chi connectivity index (χ0) is 17.3. The number of aryl methyl sites for hydroxylation is 1. The number of hydrogen-bond acceptors (Lipinski definition) is 3. The Kier molecular flexibility index (Phi) is 5.28. The van der Waals surface area contributed by atoms with E-state index in [2.05, 4.69) is 32.2 Å². The van der Waals surface area contributed by atoms with Gasteiger partial charge in [0, 0.05) is 29.9 Å². The summed E-state index contributed by atoms with van der Waals surface area (Å²) in [4.78, 5) is 30.7. The maximum absolute atomic E-state index is 13.1. The molecule has 1 aliphatic carbocycles. The lowest BCUT2D eigenvalue weighted by Gasteiger charge is -2.30. The monoisotopic (exact) mass is 348 g/mol. The van der Waals surface area contributed by atoms with Gasteiger partial charge in [-0.25, -0.2) is 0 Å². The molecule has 0 aromatic carbocycles. The van der Waals surface area contributed by atoms with Crippen molar-refractivity contribution in [3.8, 4) is 0 Å². The molecule has 0 N–H and O–H groups in total. The van der Waals surface area contributed by atoms with Crippen molar-refractivity contribution in [3.05, 3.63) is 21.9 Å². The first-order chi connectivity index (χ1) is 11.5. The largest absolute Gasteiger partial charge is 0.339 e. The van der Waals surface area contributed by atoms with E-state index >= 15 is 0 Å². The first-order valence-corrected chi connectivity index (χ1v) is 9.98. The van der Waals surface area contributed by atoms with Crippen LogP contribution in [0.15, 0.2) is 11.4 Å². The van der Waals surface area contributed by atoms with E-state index in [1.807, 2.05) is 9.80 Å². The van der Waals surface area contributed by atoms with Crippen LogP contribution < -0.4 is 0 Å². The molecule has 0 unspecified atom stereocenters. The summed E-state index contributed by atoms with van der Waals surface area (Å²) < 4.78 is 0. The van der Waals surface area contributed by atoms with Crippen LogP contribution in [0.3, 0.4) is 0 Å². The van der Waals surface area contributed by atoms with E-state index in [1.165, 1.54) is 23.3 Å². The molecule has 5 heteroatoms. The maximum Gasteiger partial charge on any atom is 0.228 e. The standard InChI is InChI=1S/C19H28N2O2S/c1-13(2)20(12-17-14(3)8-9-24-17)19(23)15-10-18(22)21(11-15)16-6-4-5-7-16/h8-9,13,15-16H,4-7,10-12H2,1-3H3/t15-/m0/s1. The zero-order valence-electron chi connectivity index (χ0n) is 15.0. The molecule has 0 radical (unpaired) electrons. The van der Waals surface area contributed by atoms with Gasteiger partial charge in [-0.1, -0.05) is 12.8 Å². The van der Waals surface area contributed by atoms with Crippen molar-refractivity contribution < 1.29 is 9.59 Å². The lowest BCUT2D eigenvalue weighted by atomic mass is 10.1. The van der Waals surface area contributed by atoms with Crippen LogP contribution in [-0.2, 0) is 16.1 Å². The number of thiophene rings is 1. The molecule has 4 nitrogen and oxygen atoms in total. The third-order valence-electron chi connectivity index (χ3n) is 5.46. The van der Waals surface area contributed by atoms with Crippen molar-refractivity contribution in [1.82, 2.24) is 9.80 Å². The second-order valence-electron chi connectivity index (χ2n) is 7.47. The summed E-state index contributed by atoms with van der Waals surface area (Å²) in [6.07, 6.45) is 5.03. The van der Waals surface area contributed by atoms with Gasteiger partial charge in [0.05, 0.1) is 12.5 Å². The average molecular weight is 349 g/mol. The van der Waals surface area contributed by atoms with Crippen LogP contribution in [0.2, 0.25) is 0 Å². The molecule has 0 spiro atoms. The van der Waals surface area contributed by atoms with Crippen molar-refractivity contribution in [2.75, 3.05) is 6.54 Å². The van der Waals surface area contributed by atoms with E-state index in [9.17, 15) is 9.59 Å². The quantitative estimate of drug-likeness (QED) is 0.816. The third kappa shape index (κ3) is 3.51. The van der Waals surface area contributed by atoms with Gasteiger partial charge in [0.25, 0.3) is 0 Å². The SMILES string of the molecule is Cc1ccsc1CN(C(=O)[C@H]1CC(=O)N(C2CCCC2)C1)C(C)C. The molecule has 1 saturated carbocycles. The second kappa shape index (κ2) is 7.26. The average Bonchev–Trinajstić information content (AvgIpc) is 3.25. The Morgan fingerprint density at radius 3 is 2.67 bits per heavy atom. The Labute approximate surface area is 148 Å². The summed E-state index contributed by atoms with van der Waals surface area (Å²) in [5.74, 6) is 0.156. The topological polar surface area (TPSA) is 40.6 Å². The fourth-order valence-electron chi connectivity index (χ4n) is 3.94. The highest BCUT2D eigenvalue weighted by Gasteiger charge is 2.40. The van der Waals surface area contributed by atoms with Gasteiger partial charge in [-0.3, -0.25) is 9.59 Å². The third-order valence-corrected chi connectivity index (χ3v) is 6.47. The fourth-order valence-corrected chi connectivity index (χ4v) is 4.84. The van der Waals surface area contributed by atoms with Gasteiger partial charge in [0.2, 0.25) is 11.8 Å². The van der Waals surface area contributed by atoms with E-state index in [4.69, 9.17) is 0 Å². The second-order valence-corrected chi connectivity index (χ2v) is 8.47. The first kappa shape index (κ1) is 17.5. The van der Waals surface area contributed by atoms with E-state index in [1.54, 1.807) is 11.3 Å². The van der Waals surface area contributed by atoms with Crippen molar-refractivity contribution in [2.24, 2.45) is 5.92 Å². The first-order valence-electron chi connectivity index (χ1n) is 9.10. The molecule has 2 heterocycles. The normalized spacial score (nSPS) is 21.9. The van der Waals surface area contributed by atoms with Crippen LogP contribution >= 0.6 is 11.3 Å². The Balaban J connectivity index is 1.69. The molecule has 0 bridgehead atoms. The number of likely N-dealkylation sites (tertiary alicyclic amines) is 1. The summed E-state index contributed by atoms with van der Waals surface area (Å²) in [5, 5.41) is 2.08. The van der Waals surface area contributed by atoms with Crippen LogP contribution in [0, 0.1) is 12.8 Å². The van der Waals surface area contributed by atoms with Crippen LogP contribution in [0.4, 0.5) is 0 Å². The van der Waals surface area contributed by atoms with Crippen molar-refractivity contribution in [1.29, 1.82) is 0 Å². The van der Waals surface area contributed by atoms with E-state index in [-0.39, 0.29) is 23.8 Å². The minimum atomic E-state index is -0.166. The molecule has 2 fully saturated rings. The van der Waals surface area contributed by atoms with E-state index < -0.39 is 0 Å². The van der Waals surface area contributed by atoms with Gasteiger partial charge in [-0.05, 0) is 50.6 Å². The molecule has 1 aromatic rings. The molecule has 24 heavy (non-hydrogen) atoms. The molecular weight excluding hydrogens is 320 g/mol. The van der Waals surface area contributed by atoms with Crippen LogP contribution in [0.5, 0.6) is 0 Å². The zero-order valence-corrected chi connectivity index (χ0v) is 15.8. The van der Waals surface area contributed by atoms with Crippen molar-refractivity contribution in [2.45, 2.75) is 71.5 Å². The van der Waals surface area contributed by atoms with Crippen molar-refractivity contribution in [3.63, 3.8) is 0 Å². The molecule has 2 aliphatic rings. The number of hydrogen-bond donors (Lipinski definition) is 0. The minimum Gasteiger partial charge on any atom is -0.339 e. The van der Waals surface area contributed by atoms with E-state index in [0.29, 0.717) is 25.6 Å². The summed E-state index contributed by atoms with van der Waals surface area (Å²) in [6.45, 7) is 7.50. The number of carbonyl (C=O) groups is 2. The number of amides is 2. The lowest BCUT2D eigenvalue weighted by Crippen LogP contribution is -2.42. The Hall–Kier alpha value is -1.36. The van der Waals surface area contributed by atoms with E-state index in [0.717, 1.165) is 12.8 Å². The van der Waals surface area contributed by atoms with Gasteiger partial charge in [-0.2, -0.15) is 0 Å². The number of nitrogens with zero attached hydrogens (tertiary/aromatic N) is 2. The van der Waals surface area contributed by atoms with Gasteiger partial charge in [0.15, 0.2) is 0 Å². The van der Waals surface area contributed by atoms with Crippen LogP contribution in [0.1, 0.15) is 56.4 Å². The summed E-state index contributed by atoms with van der Waals surface area (Å²) in [6, 6.07) is 2.63. The maximum atomic E-state index is 13.1. The number of rotatable bonds is 5. The summed E-state index contributed by atoms with van der Waals surface area (Å²) in [5.41, 5.74) is 1.24. The Morgan fingerprint density at radius 1 is 1.38 bits per heavy atom. The summed E-state index contributed by atoms with van der Waals surface area (Å²) >= 11 is 1.71. The van der Waals surface area contributed by atoms with Gasteiger partial charge in [0.1, 0.15) is 0 Å². The predicted octanol–water partition coefficient (Wildman–Crippen LogP) is 3.58.